The van der Waals surface area contributed by atoms with Gasteiger partial charge in [-0.3, -0.25) is 0 Å². The molecule has 0 radical (unpaired) electrons. The number of benzene rings is 1. The molecule has 5 rings (SSSR count). The molecule has 10 heteroatoms. The van der Waals surface area contributed by atoms with Crippen LogP contribution < -0.4 is 14.8 Å². The first-order valence-corrected chi connectivity index (χ1v) is 11.9. The number of methoxy groups -OCH3 is 2. The number of nitrogens with one attached hydrogen (secondary N) is 1. The van der Waals surface area contributed by atoms with E-state index in [4.69, 9.17) is 19.3 Å². The molecule has 0 saturated carbocycles. The molecule has 0 unspecified atom stereocenters. The van der Waals surface area contributed by atoms with E-state index in [0.29, 0.717) is 17.3 Å². The SMILES string of the molecule is COc1ccc(/C=N\OCc2nc3c4c5c(sc4ncn3n2)C(C)(C)NC(C)(C)C5)cc1OC. The number of oxime groups is 1. The van der Waals surface area contributed by atoms with Crippen molar-refractivity contribution >= 4 is 33.4 Å². The number of hydrogen-bond acceptors (Lipinski definition) is 9. The van der Waals surface area contributed by atoms with E-state index in [9.17, 15) is 0 Å². The number of ether oxygens (including phenoxy) is 2. The summed E-state index contributed by atoms with van der Waals surface area (Å²) >= 11 is 1.73. The van der Waals surface area contributed by atoms with Crippen LogP contribution in [0.3, 0.4) is 0 Å². The molecule has 0 atom stereocenters. The average Bonchev–Trinajstić information content (AvgIpc) is 3.36. The van der Waals surface area contributed by atoms with Gasteiger partial charge in [0.05, 0.1) is 25.8 Å². The van der Waals surface area contributed by atoms with Crippen LogP contribution in [0.5, 0.6) is 11.5 Å². The summed E-state index contributed by atoms with van der Waals surface area (Å²) in [6.45, 7) is 9.05. The molecule has 4 heterocycles. The van der Waals surface area contributed by atoms with Crippen molar-refractivity contribution in [3.05, 3.63) is 46.4 Å². The lowest BCUT2D eigenvalue weighted by Gasteiger charge is -2.42. The Balaban J connectivity index is 1.40. The molecular weight excluding hydrogens is 452 g/mol. The summed E-state index contributed by atoms with van der Waals surface area (Å²) in [5.74, 6) is 1.84. The molecule has 4 aromatic rings. The van der Waals surface area contributed by atoms with Gasteiger partial charge in [0.2, 0.25) is 0 Å². The second kappa shape index (κ2) is 8.21. The van der Waals surface area contributed by atoms with E-state index in [1.807, 2.05) is 18.2 Å². The zero-order valence-electron chi connectivity index (χ0n) is 20.2. The predicted octanol–water partition coefficient (Wildman–Crippen LogP) is 4.07. The van der Waals surface area contributed by atoms with Crippen LogP contribution in [0, 0.1) is 0 Å². The molecule has 1 aliphatic rings. The first-order valence-electron chi connectivity index (χ1n) is 11.0. The average molecular weight is 481 g/mol. The minimum atomic E-state index is -0.135. The Morgan fingerprint density at radius 1 is 1.18 bits per heavy atom. The predicted molar refractivity (Wildman–Crippen MR) is 132 cm³/mol. The maximum atomic E-state index is 5.49. The fourth-order valence-electron chi connectivity index (χ4n) is 4.75. The highest BCUT2D eigenvalue weighted by molar-refractivity contribution is 7.19. The fourth-order valence-corrected chi connectivity index (χ4v) is 5.96. The van der Waals surface area contributed by atoms with Crippen LogP contribution >= 0.6 is 11.3 Å². The van der Waals surface area contributed by atoms with E-state index < -0.39 is 0 Å². The van der Waals surface area contributed by atoms with Crippen molar-refractivity contribution in [2.45, 2.75) is 51.8 Å². The van der Waals surface area contributed by atoms with Gasteiger partial charge in [0.25, 0.3) is 0 Å². The van der Waals surface area contributed by atoms with Gasteiger partial charge in [-0.25, -0.2) is 14.5 Å². The first kappa shape index (κ1) is 22.5. The van der Waals surface area contributed by atoms with Gasteiger partial charge in [-0.05, 0) is 57.9 Å². The Kier molecular flexibility index (Phi) is 5.44. The zero-order valence-corrected chi connectivity index (χ0v) is 21.0. The Morgan fingerprint density at radius 3 is 2.74 bits per heavy atom. The van der Waals surface area contributed by atoms with Crippen LogP contribution in [0.15, 0.2) is 29.7 Å². The molecular formula is C24H28N6O3S. The molecule has 0 spiro atoms. The minimum Gasteiger partial charge on any atom is -0.493 e. The molecule has 34 heavy (non-hydrogen) atoms. The molecule has 1 aromatic carbocycles. The highest BCUT2D eigenvalue weighted by atomic mass is 32.1. The standard InChI is InChI=1S/C24H28N6O3S/c1-23(2)10-15-19-21-27-18(12-33-26-11-14-7-8-16(31-5)17(9-14)32-6)28-30(21)13-25-22(19)34-20(15)24(3,4)29-23/h7-9,11,13,29H,10,12H2,1-6H3/b26-11-. The summed E-state index contributed by atoms with van der Waals surface area (Å²) in [6, 6.07) is 5.52. The Morgan fingerprint density at radius 2 is 1.97 bits per heavy atom. The number of hydrogen-bond donors (Lipinski definition) is 1. The van der Waals surface area contributed by atoms with Crippen LogP contribution in [0.4, 0.5) is 0 Å². The van der Waals surface area contributed by atoms with E-state index in [1.165, 1.54) is 10.4 Å². The van der Waals surface area contributed by atoms with Crippen LogP contribution in [0.1, 0.15) is 49.5 Å². The summed E-state index contributed by atoms with van der Waals surface area (Å²) in [4.78, 5) is 17.2. The van der Waals surface area contributed by atoms with Crippen LogP contribution in [0.2, 0.25) is 0 Å². The smallest absolute Gasteiger partial charge is 0.192 e. The zero-order chi connectivity index (χ0) is 24.1. The van der Waals surface area contributed by atoms with Crippen molar-refractivity contribution in [1.29, 1.82) is 0 Å². The third kappa shape index (κ3) is 3.97. The Hall–Kier alpha value is -3.24. The van der Waals surface area contributed by atoms with Gasteiger partial charge in [-0.15, -0.1) is 16.4 Å². The third-order valence-electron chi connectivity index (χ3n) is 5.89. The van der Waals surface area contributed by atoms with Crippen molar-refractivity contribution in [2.75, 3.05) is 14.2 Å². The molecule has 3 aromatic heterocycles. The fraction of sp³-hybridized carbons (Fsp3) is 0.417. The lowest BCUT2D eigenvalue weighted by Crippen LogP contribution is -2.54. The minimum absolute atomic E-state index is 0.0256. The van der Waals surface area contributed by atoms with Gasteiger partial charge in [0.1, 0.15) is 11.2 Å². The number of fused-ring (bicyclic) bond motifs is 5. The third-order valence-corrected chi connectivity index (χ3v) is 7.35. The molecule has 0 amide bonds. The second-order valence-corrected chi connectivity index (χ2v) is 10.6. The molecule has 0 saturated heterocycles. The highest BCUT2D eigenvalue weighted by Crippen LogP contribution is 2.44. The summed E-state index contributed by atoms with van der Waals surface area (Å²) in [5.41, 5.74) is 2.78. The Labute approximate surface area is 201 Å². The van der Waals surface area contributed by atoms with Gasteiger partial charge in [0.15, 0.2) is 29.6 Å². The van der Waals surface area contributed by atoms with Crippen molar-refractivity contribution in [2.24, 2.45) is 5.16 Å². The lowest BCUT2D eigenvalue weighted by molar-refractivity contribution is 0.126. The molecule has 0 fully saturated rings. The van der Waals surface area contributed by atoms with Crippen LogP contribution in [0.25, 0.3) is 15.9 Å². The highest BCUT2D eigenvalue weighted by Gasteiger charge is 2.39. The summed E-state index contributed by atoms with van der Waals surface area (Å²) in [5, 5.41) is 13.5. The van der Waals surface area contributed by atoms with Gasteiger partial charge < -0.3 is 19.6 Å². The quantitative estimate of drug-likeness (QED) is 0.328. The molecule has 1 aliphatic heterocycles. The summed E-state index contributed by atoms with van der Waals surface area (Å²) in [7, 11) is 3.20. The summed E-state index contributed by atoms with van der Waals surface area (Å²) in [6.07, 6.45) is 4.24. The number of aromatic nitrogens is 4. The lowest BCUT2D eigenvalue weighted by atomic mass is 9.82. The largest absolute Gasteiger partial charge is 0.493 e. The van der Waals surface area contributed by atoms with E-state index in [-0.39, 0.29) is 17.7 Å². The van der Waals surface area contributed by atoms with Gasteiger partial charge >= 0.3 is 0 Å². The van der Waals surface area contributed by atoms with Crippen LogP contribution in [-0.2, 0) is 23.4 Å². The second-order valence-electron chi connectivity index (χ2n) is 9.56. The molecule has 178 valence electrons. The van der Waals surface area contributed by atoms with E-state index in [0.717, 1.165) is 27.8 Å². The molecule has 0 bridgehead atoms. The maximum Gasteiger partial charge on any atom is 0.192 e. The van der Waals surface area contributed by atoms with Crippen molar-refractivity contribution < 1.29 is 14.3 Å². The van der Waals surface area contributed by atoms with Gasteiger partial charge in [0, 0.05) is 21.5 Å². The van der Waals surface area contributed by atoms with E-state index in [1.54, 1.807) is 42.6 Å². The van der Waals surface area contributed by atoms with E-state index in [2.05, 4.69) is 48.3 Å². The van der Waals surface area contributed by atoms with E-state index >= 15 is 0 Å². The maximum absolute atomic E-state index is 5.49. The molecule has 0 aliphatic carbocycles. The van der Waals surface area contributed by atoms with Gasteiger partial charge in [-0.1, -0.05) is 5.16 Å². The van der Waals surface area contributed by atoms with Crippen LogP contribution in [-0.4, -0.2) is 45.6 Å². The van der Waals surface area contributed by atoms with Crippen molar-refractivity contribution in [1.82, 2.24) is 24.9 Å². The first-order chi connectivity index (χ1) is 16.2. The topological polar surface area (TPSA) is 95.2 Å². The Bertz CT molecular complexity index is 1400. The number of thiophene rings is 1. The van der Waals surface area contributed by atoms with Crippen molar-refractivity contribution in [3.63, 3.8) is 0 Å². The number of nitrogens with zero attached hydrogens (tertiary/aromatic N) is 5. The van der Waals surface area contributed by atoms with Gasteiger partial charge in [-0.2, -0.15) is 0 Å². The molecule has 9 nitrogen and oxygen atoms in total. The normalized spacial score (nSPS) is 16.8. The number of rotatable bonds is 6. The summed E-state index contributed by atoms with van der Waals surface area (Å²) < 4.78 is 12.3. The molecule has 1 N–H and O–H groups in total. The monoisotopic (exact) mass is 480 g/mol. The van der Waals surface area contributed by atoms with Crippen molar-refractivity contribution in [3.8, 4) is 11.5 Å².